The number of hydrogen-bond acceptors (Lipinski definition) is 9. The van der Waals surface area contributed by atoms with E-state index in [4.69, 9.17) is 33.5 Å². The van der Waals surface area contributed by atoms with Crippen LogP contribution in [0.25, 0.3) is 0 Å². The molecule has 2 aliphatic heterocycles. The Morgan fingerprint density at radius 2 is 2.10 bits per heavy atom. The van der Waals surface area contributed by atoms with Gasteiger partial charge in [0.25, 0.3) is 5.91 Å². The molecule has 2 aromatic rings. The van der Waals surface area contributed by atoms with E-state index in [0.717, 1.165) is 12.8 Å². The van der Waals surface area contributed by atoms with Crippen LogP contribution in [-0.4, -0.2) is 52.7 Å². The van der Waals surface area contributed by atoms with E-state index in [1.54, 1.807) is 18.5 Å². The molecule has 9 nitrogen and oxygen atoms in total. The summed E-state index contributed by atoms with van der Waals surface area (Å²) in [6.45, 7) is 4.10. The van der Waals surface area contributed by atoms with Gasteiger partial charge in [-0.2, -0.15) is 0 Å². The molecule has 4 heterocycles. The summed E-state index contributed by atoms with van der Waals surface area (Å²) in [5, 5.41) is 0.827. The second-order valence-corrected chi connectivity index (χ2v) is 9.19. The second-order valence-electron chi connectivity index (χ2n) is 7.75. The van der Waals surface area contributed by atoms with Crippen molar-refractivity contribution in [2.24, 2.45) is 16.9 Å². The van der Waals surface area contributed by atoms with E-state index in [0.29, 0.717) is 40.5 Å². The topological polar surface area (TPSA) is 146 Å². The maximum absolute atomic E-state index is 12.1. The summed E-state index contributed by atoms with van der Waals surface area (Å²) >= 11 is 7.45. The number of aromatic nitrogens is 3. The summed E-state index contributed by atoms with van der Waals surface area (Å²) in [5.74, 6) is 0.0877. The van der Waals surface area contributed by atoms with Gasteiger partial charge in [0.05, 0.1) is 23.9 Å². The highest BCUT2D eigenvalue weighted by Gasteiger charge is 2.47. The Labute approximate surface area is 183 Å². The summed E-state index contributed by atoms with van der Waals surface area (Å²) in [4.78, 5) is 27.7. The van der Waals surface area contributed by atoms with Gasteiger partial charge in [0.15, 0.2) is 11.5 Å². The normalized spacial score (nSPS) is 23.1. The number of pyridine rings is 1. The number of carbonyl (C=O) groups is 1. The molecule has 0 aromatic carbocycles. The molecule has 0 aliphatic carbocycles. The van der Waals surface area contributed by atoms with E-state index in [9.17, 15) is 4.79 Å². The molecule has 4 rings (SSSR count). The minimum absolute atomic E-state index is 0.0117. The summed E-state index contributed by atoms with van der Waals surface area (Å²) in [7, 11) is 0. The number of ether oxygens (including phenoxy) is 1. The van der Waals surface area contributed by atoms with Crippen molar-refractivity contribution in [1.29, 1.82) is 0 Å². The minimum atomic E-state index is -0.630. The number of carbonyl (C=O) groups excluding carboxylic acids is 1. The van der Waals surface area contributed by atoms with Crippen LogP contribution in [0.3, 0.4) is 0 Å². The number of piperidine rings is 1. The van der Waals surface area contributed by atoms with Gasteiger partial charge in [-0.05, 0) is 25.8 Å². The Morgan fingerprint density at radius 1 is 1.37 bits per heavy atom. The fourth-order valence-electron chi connectivity index (χ4n) is 4.08. The predicted octanol–water partition coefficient (Wildman–Crippen LogP) is 1.69. The number of halogens is 1. The van der Waals surface area contributed by atoms with E-state index < -0.39 is 5.91 Å². The van der Waals surface area contributed by atoms with Crippen LogP contribution < -0.4 is 22.1 Å². The number of primary amides is 1. The Kier molecular flexibility index (Phi) is 5.75. The number of nitrogen functional groups attached to an aromatic ring is 1. The van der Waals surface area contributed by atoms with Gasteiger partial charge in [0, 0.05) is 35.6 Å². The van der Waals surface area contributed by atoms with E-state index >= 15 is 0 Å². The van der Waals surface area contributed by atoms with Crippen molar-refractivity contribution in [3.8, 4) is 0 Å². The highest BCUT2D eigenvalue weighted by Crippen LogP contribution is 2.42. The number of nitrogens with two attached hydrogens (primary N) is 3. The van der Waals surface area contributed by atoms with E-state index in [2.05, 4.69) is 15.0 Å². The van der Waals surface area contributed by atoms with Gasteiger partial charge in [-0.1, -0.05) is 23.4 Å². The quantitative estimate of drug-likeness (QED) is 0.634. The minimum Gasteiger partial charge on any atom is -0.382 e. The monoisotopic (exact) mass is 449 g/mol. The summed E-state index contributed by atoms with van der Waals surface area (Å²) < 4.78 is 5.78. The average molecular weight is 450 g/mol. The van der Waals surface area contributed by atoms with Crippen LogP contribution in [0.2, 0.25) is 5.02 Å². The molecule has 2 atom stereocenters. The Hall–Kier alpha value is -2.14. The molecule has 1 spiro atoms. The zero-order valence-electron chi connectivity index (χ0n) is 16.5. The van der Waals surface area contributed by atoms with Gasteiger partial charge >= 0.3 is 0 Å². The number of nitrogens with zero attached hydrogens (tertiary/aromatic N) is 4. The first-order valence-electron chi connectivity index (χ1n) is 9.67. The van der Waals surface area contributed by atoms with E-state index in [1.807, 2.05) is 11.8 Å². The van der Waals surface area contributed by atoms with Crippen LogP contribution in [0.15, 0.2) is 28.4 Å². The van der Waals surface area contributed by atoms with Crippen LogP contribution in [-0.2, 0) is 4.74 Å². The molecule has 0 bridgehead atoms. The van der Waals surface area contributed by atoms with Crippen LogP contribution in [0, 0.1) is 5.41 Å². The zero-order chi connectivity index (χ0) is 21.5. The lowest BCUT2D eigenvalue weighted by atomic mass is 9.73. The standard InChI is InChI=1S/C19H24ClN7O2S/c1-10-15(21)19(9-29-10)3-6-27(7-4-19)18-14(17(23)28)26-12(8-25-18)30-11-2-5-24-16(22)13(11)20/h2,5,8,10,15H,3-4,6-7,9,21H2,1H3,(H2,22,24)(H2,23,28)/t10-,15+/m0/s1. The predicted molar refractivity (Wildman–Crippen MR) is 116 cm³/mol. The first-order valence-corrected chi connectivity index (χ1v) is 10.9. The maximum Gasteiger partial charge on any atom is 0.271 e. The smallest absolute Gasteiger partial charge is 0.271 e. The molecule has 6 N–H and O–H groups in total. The molecule has 0 saturated carbocycles. The number of anilines is 2. The first kappa shape index (κ1) is 21.1. The third-order valence-corrected chi connectivity index (χ3v) is 7.44. The largest absolute Gasteiger partial charge is 0.382 e. The van der Waals surface area contributed by atoms with Gasteiger partial charge < -0.3 is 26.8 Å². The maximum atomic E-state index is 12.1. The molecule has 2 saturated heterocycles. The average Bonchev–Trinajstić information content (AvgIpc) is 3.01. The Balaban J connectivity index is 1.55. The van der Waals surface area contributed by atoms with Crippen molar-refractivity contribution in [2.45, 2.75) is 41.8 Å². The Bertz CT molecular complexity index is 968. The van der Waals surface area contributed by atoms with Crippen molar-refractivity contribution >= 4 is 40.9 Å². The van der Waals surface area contributed by atoms with Crippen molar-refractivity contribution < 1.29 is 9.53 Å². The van der Waals surface area contributed by atoms with E-state index in [-0.39, 0.29) is 29.1 Å². The van der Waals surface area contributed by atoms with Gasteiger partial charge in [0.1, 0.15) is 10.8 Å². The molecule has 30 heavy (non-hydrogen) atoms. The molecule has 0 radical (unpaired) electrons. The number of rotatable bonds is 4. The highest BCUT2D eigenvalue weighted by atomic mass is 35.5. The lowest BCUT2D eigenvalue weighted by Crippen LogP contribution is -2.51. The fraction of sp³-hybridized carbons (Fsp3) is 0.474. The molecular weight excluding hydrogens is 426 g/mol. The van der Waals surface area contributed by atoms with Crippen LogP contribution in [0.5, 0.6) is 0 Å². The lowest BCUT2D eigenvalue weighted by Gasteiger charge is -2.41. The lowest BCUT2D eigenvalue weighted by molar-refractivity contribution is 0.0969. The molecule has 2 aromatic heterocycles. The SMILES string of the molecule is C[C@@H]1OCC2(CCN(c3ncc(Sc4ccnc(N)c4Cl)nc3C(N)=O)CC2)[C@@H]1N. The molecule has 160 valence electrons. The summed E-state index contributed by atoms with van der Waals surface area (Å²) in [6.07, 6.45) is 4.95. The van der Waals surface area contributed by atoms with Crippen molar-refractivity contribution in [3.05, 3.63) is 29.2 Å². The molecular formula is C19H24ClN7O2S. The van der Waals surface area contributed by atoms with Gasteiger partial charge in [-0.25, -0.2) is 15.0 Å². The molecule has 0 unspecified atom stereocenters. The molecule has 2 fully saturated rings. The van der Waals surface area contributed by atoms with Crippen molar-refractivity contribution in [3.63, 3.8) is 0 Å². The number of amides is 1. The van der Waals surface area contributed by atoms with Crippen LogP contribution in [0.1, 0.15) is 30.3 Å². The second kappa shape index (κ2) is 8.18. The van der Waals surface area contributed by atoms with Crippen molar-refractivity contribution in [1.82, 2.24) is 15.0 Å². The fourth-order valence-corrected chi connectivity index (χ4v) is 5.10. The molecule has 1 amide bonds. The van der Waals surface area contributed by atoms with Crippen LogP contribution in [0.4, 0.5) is 11.6 Å². The van der Waals surface area contributed by atoms with Crippen molar-refractivity contribution in [2.75, 3.05) is 30.3 Å². The third kappa shape index (κ3) is 3.80. The first-order chi connectivity index (χ1) is 14.3. The van der Waals surface area contributed by atoms with E-state index in [1.165, 1.54) is 11.8 Å². The summed E-state index contributed by atoms with van der Waals surface area (Å²) in [6, 6.07) is 1.73. The Morgan fingerprint density at radius 3 is 2.73 bits per heavy atom. The van der Waals surface area contributed by atoms with Gasteiger partial charge in [0.2, 0.25) is 0 Å². The third-order valence-electron chi connectivity index (χ3n) is 5.97. The van der Waals surface area contributed by atoms with Crippen LogP contribution >= 0.6 is 23.4 Å². The molecule has 2 aliphatic rings. The highest BCUT2D eigenvalue weighted by molar-refractivity contribution is 7.99. The number of hydrogen-bond donors (Lipinski definition) is 3. The van der Waals surface area contributed by atoms with Gasteiger partial charge in [-0.15, -0.1) is 0 Å². The molecule has 11 heteroatoms. The van der Waals surface area contributed by atoms with Gasteiger partial charge in [-0.3, -0.25) is 4.79 Å². The summed E-state index contributed by atoms with van der Waals surface area (Å²) in [5.41, 5.74) is 17.9. The zero-order valence-corrected chi connectivity index (χ0v) is 18.1.